The lowest BCUT2D eigenvalue weighted by molar-refractivity contribution is 0.283. The first kappa shape index (κ1) is 9.24. The number of hydrogen-bond donors (Lipinski definition) is 0. The molecule has 0 radical (unpaired) electrons. The Morgan fingerprint density at radius 3 is 2.64 bits per heavy atom. The Kier molecular flexibility index (Phi) is 2.27. The Hall–Kier alpha value is -1.32. The van der Waals surface area contributed by atoms with Crippen molar-refractivity contribution >= 4 is 5.82 Å². The first-order valence-electron chi connectivity index (χ1n) is 4.67. The van der Waals surface area contributed by atoms with E-state index in [9.17, 15) is 4.39 Å². The van der Waals surface area contributed by atoms with Crippen molar-refractivity contribution in [2.75, 3.05) is 19.0 Å². The van der Waals surface area contributed by atoms with E-state index in [1.807, 2.05) is 14.1 Å². The molecule has 0 bridgehead atoms. The zero-order valence-corrected chi connectivity index (χ0v) is 8.33. The van der Waals surface area contributed by atoms with Gasteiger partial charge in [0.1, 0.15) is 5.82 Å². The molecule has 1 aliphatic rings. The quantitative estimate of drug-likeness (QED) is 0.689. The molecule has 0 atom stereocenters. The summed E-state index contributed by atoms with van der Waals surface area (Å²) >= 11 is 0. The van der Waals surface area contributed by atoms with Gasteiger partial charge >= 0.3 is 0 Å². The molecule has 0 aliphatic heterocycles. The molecular formula is C10H13FN2O. The molecule has 3 nitrogen and oxygen atoms in total. The number of aromatic nitrogens is 1. The van der Waals surface area contributed by atoms with E-state index < -0.39 is 5.95 Å². The third kappa shape index (κ3) is 1.95. The van der Waals surface area contributed by atoms with Crippen LogP contribution >= 0.6 is 0 Å². The molecule has 1 aromatic heterocycles. The van der Waals surface area contributed by atoms with Crippen LogP contribution in [-0.2, 0) is 0 Å². The fourth-order valence-corrected chi connectivity index (χ4v) is 1.11. The van der Waals surface area contributed by atoms with Crippen molar-refractivity contribution in [3.63, 3.8) is 0 Å². The van der Waals surface area contributed by atoms with Gasteiger partial charge in [-0.1, -0.05) is 0 Å². The standard InChI is InChI=1S/C10H13FN2O/c1-13(2)9-6-5-8(10(11)12-9)14-7-3-4-7/h5-7H,3-4H2,1-2H3. The Labute approximate surface area is 82.5 Å². The summed E-state index contributed by atoms with van der Waals surface area (Å²) in [4.78, 5) is 5.54. The highest BCUT2D eigenvalue weighted by Gasteiger charge is 2.25. The minimum Gasteiger partial charge on any atom is -0.486 e. The number of nitrogens with zero attached hydrogens (tertiary/aromatic N) is 2. The van der Waals surface area contributed by atoms with Crippen LogP contribution in [0.5, 0.6) is 5.75 Å². The van der Waals surface area contributed by atoms with E-state index in [1.165, 1.54) is 0 Å². The molecule has 14 heavy (non-hydrogen) atoms. The highest BCUT2D eigenvalue weighted by molar-refractivity contribution is 5.39. The third-order valence-corrected chi connectivity index (χ3v) is 2.08. The van der Waals surface area contributed by atoms with E-state index in [0.29, 0.717) is 5.82 Å². The van der Waals surface area contributed by atoms with E-state index in [4.69, 9.17) is 4.74 Å². The molecule has 0 aromatic carbocycles. The molecule has 0 amide bonds. The highest BCUT2D eigenvalue weighted by atomic mass is 19.1. The second-order valence-electron chi connectivity index (χ2n) is 3.67. The second kappa shape index (κ2) is 3.44. The van der Waals surface area contributed by atoms with Crippen LogP contribution in [-0.4, -0.2) is 25.2 Å². The predicted molar refractivity (Wildman–Crippen MR) is 52.2 cm³/mol. The Bertz CT molecular complexity index is 337. The van der Waals surface area contributed by atoms with E-state index in [2.05, 4.69) is 4.98 Å². The van der Waals surface area contributed by atoms with Gasteiger partial charge in [0.2, 0.25) is 0 Å². The molecule has 0 saturated heterocycles. The zero-order chi connectivity index (χ0) is 10.1. The number of anilines is 1. The van der Waals surface area contributed by atoms with Crippen LogP contribution in [0.4, 0.5) is 10.2 Å². The van der Waals surface area contributed by atoms with Gasteiger partial charge in [-0.3, -0.25) is 0 Å². The maximum absolute atomic E-state index is 13.3. The van der Waals surface area contributed by atoms with Crippen LogP contribution in [0.25, 0.3) is 0 Å². The van der Waals surface area contributed by atoms with Crippen LogP contribution in [0.2, 0.25) is 0 Å². The van der Waals surface area contributed by atoms with Crippen LogP contribution in [0.15, 0.2) is 12.1 Å². The van der Waals surface area contributed by atoms with E-state index >= 15 is 0 Å². The van der Waals surface area contributed by atoms with E-state index in [-0.39, 0.29) is 11.9 Å². The fourth-order valence-electron chi connectivity index (χ4n) is 1.11. The van der Waals surface area contributed by atoms with Gasteiger partial charge in [0, 0.05) is 14.1 Å². The van der Waals surface area contributed by atoms with E-state index in [0.717, 1.165) is 12.8 Å². The summed E-state index contributed by atoms with van der Waals surface area (Å²) < 4.78 is 18.7. The Balaban J connectivity index is 2.17. The van der Waals surface area contributed by atoms with Crippen molar-refractivity contribution < 1.29 is 9.13 Å². The van der Waals surface area contributed by atoms with Gasteiger partial charge < -0.3 is 9.64 Å². The smallest absolute Gasteiger partial charge is 0.257 e. The molecule has 0 spiro atoms. The highest BCUT2D eigenvalue weighted by Crippen LogP contribution is 2.28. The molecule has 0 unspecified atom stereocenters. The molecule has 1 aliphatic carbocycles. The second-order valence-corrected chi connectivity index (χ2v) is 3.67. The maximum atomic E-state index is 13.3. The monoisotopic (exact) mass is 196 g/mol. The van der Waals surface area contributed by atoms with Gasteiger partial charge in [0.25, 0.3) is 5.95 Å². The van der Waals surface area contributed by atoms with Gasteiger partial charge in [-0.2, -0.15) is 9.37 Å². The summed E-state index contributed by atoms with van der Waals surface area (Å²) in [5.41, 5.74) is 0. The third-order valence-electron chi connectivity index (χ3n) is 2.08. The average Bonchev–Trinajstić information content (AvgIpc) is 2.92. The molecule has 0 N–H and O–H groups in total. The Morgan fingerprint density at radius 1 is 1.43 bits per heavy atom. The molecule has 1 heterocycles. The van der Waals surface area contributed by atoms with Gasteiger partial charge in [-0.25, -0.2) is 0 Å². The number of pyridine rings is 1. The first-order chi connectivity index (χ1) is 6.66. The van der Waals surface area contributed by atoms with Crippen molar-refractivity contribution in [3.05, 3.63) is 18.1 Å². The number of rotatable bonds is 3. The number of hydrogen-bond acceptors (Lipinski definition) is 3. The summed E-state index contributed by atoms with van der Waals surface area (Å²) in [6, 6.07) is 3.39. The lowest BCUT2D eigenvalue weighted by atomic mass is 10.4. The number of halogens is 1. The van der Waals surface area contributed by atoms with Gasteiger partial charge in [-0.15, -0.1) is 0 Å². The Morgan fingerprint density at radius 2 is 2.14 bits per heavy atom. The summed E-state index contributed by atoms with van der Waals surface area (Å²) in [5, 5.41) is 0. The summed E-state index contributed by atoms with van der Waals surface area (Å²) in [6.07, 6.45) is 2.25. The average molecular weight is 196 g/mol. The fraction of sp³-hybridized carbons (Fsp3) is 0.500. The van der Waals surface area contributed by atoms with Crippen LogP contribution in [0.1, 0.15) is 12.8 Å². The zero-order valence-electron chi connectivity index (χ0n) is 8.33. The summed E-state index contributed by atoms with van der Waals surface area (Å²) in [6.45, 7) is 0. The minimum absolute atomic E-state index is 0.205. The predicted octanol–water partition coefficient (Wildman–Crippen LogP) is 1.83. The van der Waals surface area contributed by atoms with Crippen molar-refractivity contribution in [1.29, 1.82) is 0 Å². The molecular weight excluding hydrogens is 183 g/mol. The van der Waals surface area contributed by atoms with Crippen molar-refractivity contribution in [1.82, 2.24) is 4.98 Å². The van der Waals surface area contributed by atoms with Gasteiger partial charge in [-0.05, 0) is 25.0 Å². The summed E-state index contributed by atoms with van der Waals surface area (Å²) in [7, 11) is 3.65. The largest absolute Gasteiger partial charge is 0.486 e. The first-order valence-corrected chi connectivity index (χ1v) is 4.67. The van der Waals surface area contributed by atoms with Crippen LogP contribution < -0.4 is 9.64 Å². The maximum Gasteiger partial charge on any atom is 0.257 e. The van der Waals surface area contributed by atoms with Gasteiger partial charge in [0.15, 0.2) is 5.75 Å². The van der Waals surface area contributed by atoms with Crippen molar-refractivity contribution in [3.8, 4) is 5.75 Å². The number of ether oxygens (including phenoxy) is 1. The topological polar surface area (TPSA) is 25.4 Å². The van der Waals surface area contributed by atoms with E-state index in [1.54, 1.807) is 17.0 Å². The molecule has 1 saturated carbocycles. The molecule has 1 fully saturated rings. The van der Waals surface area contributed by atoms with Crippen LogP contribution in [0, 0.1) is 5.95 Å². The normalized spacial score (nSPS) is 15.4. The van der Waals surface area contributed by atoms with Crippen molar-refractivity contribution in [2.45, 2.75) is 18.9 Å². The molecule has 4 heteroatoms. The molecule has 76 valence electrons. The SMILES string of the molecule is CN(C)c1ccc(OC2CC2)c(F)n1. The molecule has 2 rings (SSSR count). The van der Waals surface area contributed by atoms with Gasteiger partial charge in [0.05, 0.1) is 6.10 Å². The van der Waals surface area contributed by atoms with Crippen molar-refractivity contribution in [2.24, 2.45) is 0 Å². The minimum atomic E-state index is -0.525. The molecule has 1 aromatic rings. The lowest BCUT2D eigenvalue weighted by Crippen LogP contribution is -2.11. The summed E-state index contributed by atoms with van der Waals surface area (Å²) in [5.74, 6) is 0.340. The lowest BCUT2D eigenvalue weighted by Gasteiger charge is -2.12. The van der Waals surface area contributed by atoms with Crippen LogP contribution in [0.3, 0.4) is 0 Å².